The van der Waals surface area contributed by atoms with Crippen LogP contribution in [0.1, 0.15) is 26.3 Å². The highest BCUT2D eigenvalue weighted by atomic mass is 35.5. The second-order valence-corrected chi connectivity index (χ2v) is 6.74. The standard InChI is InChI=1S/C23H22ClNO4/c1-4-28-18-12-10-17(11-13-18)25-15(3)21(23(27)29-5-2)19(22(25)26)14-16-8-6-7-9-20(16)24/h6-14H,4-5H2,1-3H3/b19-14-. The number of allylic oxidation sites excluding steroid dienone is 1. The molecule has 1 amide bonds. The van der Waals surface area contributed by atoms with Crippen molar-refractivity contribution in [3.05, 3.63) is 76.0 Å². The molecule has 0 bridgehead atoms. The maximum absolute atomic E-state index is 13.3. The van der Waals surface area contributed by atoms with Crippen molar-refractivity contribution in [3.63, 3.8) is 0 Å². The summed E-state index contributed by atoms with van der Waals surface area (Å²) in [5.74, 6) is -0.137. The number of carbonyl (C=O) groups is 2. The zero-order chi connectivity index (χ0) is 21.0. The zero-order valence-corrected chi connectivity index (χ0v) is 17.3. The van der Waals surface area contributed by atoms with E-state index in [0.29, 0.717) is 34.3 Å². The molecule has 29 heavy (non-hydrogen) atoms. The third-order valence-corrected chi connectivity index (χ3v) is 4.83. The van der Waals surface area contributed by atoms with E-state index in [4.69, 9.17) is 21.1 Å². The van der Waals surface area contributed by atoms with Crippen LogP contribution in [0.4, 0.5) is 5.69 Å². The minimum Gasteiger partial charge on any atom is -0.494 e. The summed E-state index contributed by atoms with van der Waals surface area (Å²) in [7, 11) is 0. The van der Waals surface area contributed by atoms with Gasteiger partial charge in [0.25, 0.3) is 5.91 Å². The van der Waals surface area contributed by atoms with Crippen LogP contribution in [0.25, 0.3) is 6.08 Å². The number of benzene rings is 2. The SMILES string of the molecule is CCOC(=O)C1=C(C)N(c2ccc(OCC)cc2)C(=O)/C1=C\c1ccccc1Cl. The summed E-state index contributed by atoms with van der Waals surface area (Å²) in [6.07, 6.45) is 1.63. The van der Waals surface area contributed by atoms with E-state index in [1.165, 1.54) is 4.90 Å². The highest BCUT2D eigenvalue weighted by Gasteiger charge is 2.38. The predicted octanol–water partition coefficient (Wildman–Crippen LogP) is 5.01. The average Bonchev–Trinajstić information content (AvgIpc) is 2.95. The molecule has 150 valence electrons. The van der Waals surface area contributed by atoms with E-state index in [9.17, 15) is 9.59 Å². The number of esters is 1. The molecule has 0 aromatic heterocycles. The first-order valence-electron chi connectivity index (χ1n) is 9.39. The van der Waals surface area contributed by atoms with Crippen molar-refractivity contribution >= 4 is 35.2 Å². The number of ether oxygens (including phenoxy) is 2. The van der Waals surface area contributed by atoms with Gasteiger partial charge in [0.1, 0.15) is 5.75 Å². The summed E-state index contributed by atoms with van der Waals surface area (Å²) in [5.41, 5.74) is 2.30. The zero-order valence-electron chi connectivity index (χ0n) is 16.6. The normalized spacial score (nSPS) is 15.2. The Kier molecular flexibility index (Phi) is 6.39. The lowest BCUT2D eigenvalue weighted by Gasteiger charge is -2.18. The van der Waals surface area contributed by atoms with Crippen molar-refractivity contribution in [1.82, 2.24) is 0 Å². The molecular weight excluding hydrogens is 390 g/mol. The Morgan fingerprint density at radius 1 is 1.07 bits per heavy atom. The summed E-state index contributed by atoms with van der Waals surface area (Å²) >= 11 is 6.26. The topological polar surface area (TPSA) is 55.8 Å². The molecule has 5 nitrogen and oxygen atoms in total. The number of carbonyl (C=O) groups excluding carboxylic acids is 2. The number of anilines is 1. The van der Waals surface area contributed by atoms with Crippen LogP contribution in [-0.4, -0.2) is 25.1 Å². The molecule has 1 aliphatic rings. The van der Waals surface area contributed by atoms with Crippen molar-refractivity contribution in [3.8, 4) is 5.75 Å². The molecule has 0 atom stereocenters. The van der Waals surface area contributed by atoms with Crippen molar-refractivity contribution in [2.24, 2.45) is 0 Å². The van der Waals surface area contributed by atoms with Gasteiger partial charge < -0.3 is 9.47 Å². The van der Waals surface area contributed by atoms with E-state index in [2.05, 4.69) is 0 Å². The number of hydrogen-bond donors (Lipinski definition) is 0. The molecule has 0 aliphatic carbocycles. The van der Waals surface area contributed by atoms with Crippen LogP contribution in [0.15, 0.2) is 65.4 Å². The van der Waals surface area contributed by atoms with E-state index in [0.717, 1.165) is 0 Å². The van der Waals surface area contributed by atoms with Gasteiger partial charge in [-0.15, -0.1) is 0 Å². The molecule has 1 aliphatic heterocycles. The van der Waals surface area contributed by atoms with Crippen LogP contribution in [0.2, 0.25) is 5.02 Å². The summed E-state index contributed by atoms with van der Waals surface area (Å²) in [5, 5.41) is 0.494. The van der Waals surface area contributed by atoms with Crippen LogP contribution in [-0.2, 0) is 14.3 Å². The Morgan fingerprint density at radius 2 is 1.76 bits per heavy atom. The lowest BCUT2D eigenvalue weighted by Crippen LogP contribution is -2.24. The fourth-order valence-corrected chi connectivity index (χ4v) is 3.39. The van der Waals surface area contributed by atoms with Crippen LogP contribution in [0.3, 0.4) is 0 Å². The Bertz CT molecular complexity index is 992. The number of rotatable bonds is 6. The number of nitrogens with zero attached hydrogens (tertiary/aromatic N) is 1. The second kappa shape index (κ2) is 8.97. The molecule has 3 rings (SSSR count). The Morgan fingerprint density at radius 3 is 2.38 bits per heavy atom. The number of hydrogen-bond acceptors (Lipinski definition) is 4. The Labute approximate surface area is 175 Å². The molecule has 6 heteroatoms. The van der Waals surface area contributed by atoms with Gasteiger partial charge in [-0.25, -0.2) is 4.79 Å². The van der Waals surface area contributed by atoms with Gasteiger partial charge >= 0.3 is 5.97 Å². The molecule has 0 saturated carbocycles. The minimum atomic E-state index is -0.537. The van der Waals surface area contributed by atoms with Crippen molar-refractivity contribution in [2.45, 2.75) is 20.8 Å². The van der Waals surface area contributed by atoms with Gasteiger partial charge in [0.05, 0.1) is 24.4 Å². The smallest absolute Gasteiger partial charge is 0.340 e. The quantitative estimate of drug-likeness (QED) is 0.495. The van der Waals surface area contributed by atoms with Crippen LogP contribution < -0.4 is 9.64 Å². The Hall–Kier alpha value is -3.05. The average molecular weight is 412 g/mol. The summed E-state index contributed by atoms with van der Waals surface area (Å²) in [4.78, 5) is 27.5. The molecular formula is C23H22ClNO4. The molecule has 0 spiro atoms. The van der Waals surface area contributed by atoms with Gasteiger partial charge in [0, 0.05) is 16.4 Å². The monoisotopic (exact) mass is 411 g/mol. The van der Waals surface area contributed by atoms with Gasteiger partial charge in [-0.3, -0.25) is 9.69 Å². The lowest BCUT2D eigenvalue weighted by atomic mass is 10.0. The van der Waals surface area contributed by atoms with Crippen molar-refractivity contribution < 1.29 is 19.1 Å². The molecule has 0 saturated heterocycles. The van der Waals surface area contributed by atoms with Gasteiger partial charge in [-0.05, 0) is 62.7 Å². The maximum Gasteiger partial charge on any atom is 0.340 e. The summed E-state index contributed by atoms with van der Waals surface area (Å²) in [6, 6.07) is 14.3. The predicted molar refractivity (Wildman–Crippen MR) is 114 cm³/mol. The fourth-order valence-electron chi connectivity index (χ4n) is 3.20. The van der Waals surface area contributed by atoms with Crippen LogP contribution in [0, 0.1) is 0 Å². The first-order chi connectivity index (χ1) is 14.0. The highest BCUT2D eigenvalue weighted by molar-refractivity contribution is 6.32. The molecule has 0 radical (unpaired) electrons. The van der Waals surface area contributed by atoms with Gasteiger partial charge in [-0.1, -0.05) is 29.8 Å². The highest BCUT2D eigenvalue weighted by Crippen LogP contribution is 2.36. The summed E-state index contributed by atoms with van der Waals surface area (Å²) < 4.78 is 10.7. The molecule has 0 fully saturated rings. The number of amides is 1. The maximum atomic E-state index is 13.3. The van der Waals surface area contributed by atoms with Gasteiger partial charge in [0.15, 0.2) is 0 Å². The van der Waals surface area contributed by atoms with Crippen LogP contribution in [0.5, 0.6) is 5.75 Å². The molecule has 0 N–H and O–H groups in total. The number of halogens is 1. The first-order valence-corrected chi connectivity index (χ1v) is 9.77. The van der Waals surface area contributed by atoms with E-state index < -0.39 is 5.97 Å². The minimum absolute atomic E-state index is 0.215. The van der Waals surface area contributed by atoms with E-state index >= 15 is 0 Å². The molecule has 0 unspecified atom stereocenters. The van der Waals surface area contributed by atoms with E-state index in [-0.39, 0.29) is 23.7 Å². The Balaban J connectivity index is 2.08. The summed E-state index contributed by atoms with van der Waals surface area (Å²) in [6.45, 7) is 6.13. The molecule has 2 aromatic carbocycles. The molecule has 1 heterocycles. The largest absolute Gasteiger partial charge is 0.494 e. The van der Waals surface area contributed by atoms with Gasteiger partial charge in [0.2, 0.25) is 0 Å². The third-order valence-electron chi connectivity index (χ3n) is 4.49. The van der Waals surface area contributed by atoms with Gasteiger partial charge in [-0.2, -0.15) is 0 Å². The van der Waals surface area contributed by atoms with E-state index in [1.807, 2.05) is 13.0 Å². The first kappa shape index (κ1) is 20.7. The van der Waals surface area contributed by atoms with Crippen molar-refractivity contribution in [1.29, 1.82) is 0 Å². The molecule has 2 aromatic rings. The third kappa shape index (κ3) is 4.20. The fraction of sp³-hybridized carbons (Fsp3) is 0.217. The lowest BCUT2D eigenvalue weighted by molar-refractivity contribution is -0.138. The van der Waals surface area contributed by atoms with E-state index in [1.54, 1.807) is 62.4 Å². The van der Waals surface area contributed by atoms with Crippen LogP contribution >= 0.6 is 11.6 Å². The van der Waals surface area contributed by atoms with Crippen molar-refractivity contribution in [2.75, 3.05) is 18.1 Å². The second-order valence-electron chi connectivity index (χ2n) is 6.33.